The highest BCUT2D eigenvalue weighted by Gasteiger charge is 2.27. The maximum Gasteiger partial charge on any atom is 0.326 e. The lowest BCUT2D eigenvalue weighted by Crippen LogP contribution is -2.43. The van der Waals surface area contributed by atoms with E-state index in [-0.39, 0.29) is 24.7 Å². The van der Waals surface area contributed by atoms with Gasteiger partial charge in [0.25, 0.3) is 0 Å². The minimum absolute atomic E-state index is 0.0552. The number of unbranched alkanes of at least 4 members (excludes halogenated alkanes) is 1. The van der Waals surface area contributed by atoms with E-state index in [0.717, 1.165) is 34.4 Å². The van der Waals surface area contributed by atoms with E-state index in [4.69, 9.17) is 4.74 Å². The van der Waals surface area contributed by atoms with Gasteiger partial charge in [0.2, 0.25) is 5.91 Å². The van der Waals surface area contributed by atoms with Gasteiger partial charge in [0, 0.05) is 25.8 Å². The lowest BCUT2D eigenvalue weighted by molar-refractivity contribution is -0.149. The fraction of sp³-hybridized carbons (Fsp3) is 0.297. The summed E-state index contributed by atoms with van der Waals surface area (Å²) in [5.74, 6) is -0.422. The number of aryl methyl sites for hydroxylation is 1. The molecule has 0 spiro atoms. The minimum atomic E-state index is -1.02. The first-order valence-corrected chi connectivity index (χ1v) is 14.8. The zero-order valence-electron chi connectivity index (χ0n) is 24.6. The summed E-state index contributed by atoms with van der Waals surface area (Å²) >= 11 is 0. The molecule has 5 heteroatoms. The molecule has 4 aromatic rings. The van der Waals surface area contributed by atoms with Crippen LogP contribution in [0.2, 0.25) is 0 Å². The van der Waals surface area contributed by atoms with Gasteiger partial charge in [-0.25, -0.2) is 4.79 Å². The second-order valence-corrected chi connectivity index (χ2v) is 10.8. The molecule has 1 amide bonds. The highest BCUT2D eigenvalue weighted by atomic mass is 16.5. The van der Waals surface area contributed by atoms with Crippen molar-refractivity contribution in [3.63, 3.8) is 0 Å². The number of nitrogens with zero attached hydrogens (tertiary/aromatic N) is 1. The molecule has 0 bridgehead atoms. The summed E-state index contributed by atoms with van der Waals surface area (Å²) in [6.45, 7) is 2.66. The molecular formula is C37H41NO4. The van der Waals surface area contributed by atoms with E-state index in [1.165, 1.54) is 23.3 Å². The number of ether oxygens (including phenoxy) is 1. The van der Waals surface area contributed by atoms with Gasteiger partial charge in [0.15, 0.2) is 0 Å². The number of rotatable bonds is 15. The van der Waals surface area contributed by atoms with Crippen LogP contribution < -0.4 is 4.74 Å². The predicted molar refractivity (Wildman–Crippen MR) is 168 cm³/mol. The number of hydrogen-bond acceptors (Lipinski definition) is 3. The molecule has 0 fully saturated rings. The maximum atomic E-state index is 13.2. The summed E-state index contributed by atoms with van der Waals surface area (Å²) in [5, 5.41) is 10.0. The number of carboxylic acid groups (broad SMARTS) is 1. The van der Waals surface area contributed by atoms with Crippen LogP contribution in [0.3, 0.4) is 0 Å². The Balaban J connectivity index is 1.33. The van der Waals surface area contributed by atoms with Crippen molar-refractivity contribution in [2.24, 2.45) is 0 Å². The van der Waals surface area contributed by atoms with Crippen LogP contribution in [0.5, 0.6) is 5.75 Å². The van der Waals surface area contributed by atoms with E-state index >= 15 is 0 Å². The first-order valence-electron chi connectivity index (χ1n) is 14.8. The topological polar surface area (TPSA) is 66.8 Å². The Hall–Kier alpha value is -4.38. The Morgan fingerprint density at radius 3 is 1.86 bits per heavy atom. The molecule has 0 aromatic heterocycles. The molecule has 0 aliphatic heterocycles. The standard InChI is InChI=1S/C37H41NO4/c1-3-4-11-28-16-18-30(19-17-28)27-42-33-22-20-29(21-23-33)26-35(37(40)41)38(2)36(39)25-24-34(31-12-7-5-8-13-31)32-14-9-6-10-15-32/h5-10,12-23,34-35H,3-4,11,24-27H2,1-2H3,(H,40,41). The van der Waals surface area contributed by atoms with Crippen LogP contribution >= 0.6 is 0 Å². The lowest BCUT2D eigenvalue weighted by atomic mass is 9.87. The normalized spacial score (nSPS) is 11.7. The lowest BCUT2D eigenvalue weighted by Gasteiger charge is -2.26. The van der Waals surface area contributed by atoms with Crippen molar-refractivity contribution < 1.29 is 19.4 Å². The van der Waals surface area contributed by atoms with Crippen LogP contribution in [-0.2, 0) is 29.0 Å². The van der Waals surface area contributed by atoms with Crippen LogP contribution in [0, 0.1) is 0 Å². The Labute approximate surface area is 249 Å². The Bertz CT molecular complexity index is 1350. The molecule has 4 aromatic carbocycles. The highest BCUT2D eigenvalue weighted by Crippen LogP contribution is 2.29. The zero-order chi connectivity index (χ0) is 29.7. The molecule has 218 valence electrons. The fourth-order valence-corrected chi connectivity index (χ4v) is 5.20. The van der Waals surface area contributed by atoms with Crippen molar-refractivity contribution in [2.45, 2.75) is 64.0 Å². The second kappa shape index (κ2) is 15.6. The van der Waals surface area contributed by atoms with Crippen LogP contribution in [-0.4, -0.2) is 35.0 Å². The van der Waals surface area contributed by atoms with Gasteiger partial charge in [-0.2, -0.15) is 0 Å². The molecule has 1 N–H and O–H groups in total. The summed E-state index contributed by atoms with van der Waals surface area (Å²) in [6, 6.07) is 35.3. The average Bonchev–Trinajstić information content (AvgIpc) is 3.03. The third-order valence-electron chi connectivity index (χ3n) is 7.80. The number of carboxylic acids is 1. The number of aliphatic carboxylic acids is 1. The van der Waals surface area contributed by atoms with Crippen molar-refractivity contribution in [3.8, 4) is 5.75 Å². The maximum absolute atomic E-state index is 13.2. The first kappa shape index (κ1) is 30.6. The zero-order valence-corrected chi connectivity index (χ0v) is 24.6. The van der Waals surface area contributed by atoms with Gasteiger partial charge in [-0.15, -0.1) is 0 Å². The van der Waals surface area contributed by atoms with E-state index in [0.29, 0.717) is 13.0 Å². The summed E-state index contributed by atoms with van der Waals surface area (Å²) in [6.07, 6.45) is 4.54. The molecule has 1 atom stereocenters. The molecule has 0 saturated carbocycles. The Morgan fingerprint density at radius 1 is 0.762 bits per heavy atom. The molecule has 1 unspecified atom stereocenters. The number of amides is 1. The summed E-state index contributed by atoms with van der Waals surface area (Å²) < 4.78 is 5.95. The molecule has 0 aliphatic carbocycles. The third kappa shape index (κ3) is 8.81. The van der Waals surface area contributed by atoms with Crippen molar-refractivity contribution in [1.82, 2.24) is 4.90 Å². The molecule has 0 heterocycles. The summed E-state index contributed by atoms with van der Waals surface area (Å²) in [5.41, 5.74) is 5.56. The van der Waals surface area contributed by atoms with Gasteiger partial charge in [0.1, 0.15) is 18.4 Å². The number of carbonyl (C=O) groups excluding carboxylic acids is 1. The van der Waals surface area contributed by atoms with Crippen molar-refractivity contribution in [3.05, 3.63) is 137 Å². The largest absolute Gasteiger partial charge is 0.489 e. The van der Waals surface area contributed by atoms with Crippen LogP contribution in [0.15, 0.2) is 109 Å². The van der Waals surface area contributed by atoms with Gasteiger partial charge in [-0.3, -0.25) is 4.79 Å². The van der Waals surface area contributed by atoms with Gasteiger partial charge < -0.3 is 14.7 Å². The van der Waals surface area contributed by atoms with E-state index in [9.17, 15) is 14.7 Å². The summed E-state index contributed by atoms with van der Waals surface area (Å²) in [4.78, 5) is 26.8. The van der Waals surface area contributed by atoms with E-state index in [1.807, 2.05) is 60.7 Å². The van der Waals surface area contributed by atoms with Crippen LogP contribution in [0.4, 0.5) is 0 Å². The number of likely N-dealkylation sites (N-methyl/N-ethyl adjacent to an activating group) is 1. The molecule has 0 radical (unpaired) electrons. The SMILES string of the molecule is CCCCc1ccc(COc2ccc(CC(C(=O)O)N(C)C(=O)CCC(c3ccccc3)c3ccccc3)cc2)cc1. The Kier molecular flexibility index (Phi) is 11.3. The highest BCUT2D eigenvalue weighted by molar-refractivity contribution is 5.83. The summed E-state index contributed by atoms with van der Waals surface area (Å²) in [7, 11) is 1.59. The second-order valence-electron chi connectivity index (χ2n) is 10.8. The number of carbonyl (C=O) groups is 2. The molecule has 5 nitrogen and oxygen atoms in total. The first-order chi connectivity index (χ1) is 20.4. The average molecular weight is 564 g/mol. The van der Waals surface area contributed by atoms with E-state index in [1.54, 1.807) is 7.05 Å². The molecule has 42 heavy (non-hydrogen) atoms. The Morgan fingerprint density at radius 2 is 1.31 bits per heavy atom. The smallest absolute Gasteiger partial charge is 0.326 e. The van der Waals surface area contributed by atoms with Crippen LogP contribution in [0.1, 0.15) is 66.3 Å². The molecule has 0 aliphatic rings. The van der Waals surface area contributed by atoms with Gasteiger partial charge in [-0.1, -0.05) is 110 Å². The molecule has 0 saturated heterocycles. The van der Waals surface area contributed by atoms with E-state index in [2.05, 4.69) is 55.5 Å². The van der Waals surface area contributed by atoms with Crippen LogP contribution in [0.25, 0.3) is 0 Å². The van der Waals surface area contributed by atoms with E-state index < -0.39 is 12.0 Å². The fourth-order valence-electron chi connectivity index (χ4n) is 5.20. The monoisotopic (exact) mass is 563 g/mol. The van der Waals surface area contributed by atoms with Crippen molar-refractivity contribution >= 4 is 11.9 Å². The molecule has 4 rings (SSSR count). The van der Waals surface area contributed by atoms with Crippen molar-refractivity contribution in [2.75, 3.05) is 7.05 Å². The third-order valence-corrected chi connectivity index (χ3v) is 7.80. The number of benzene rings is 4. The quantitative estimate of drug-likeness (QED) is 0.161. The number of hydrogen-bond donors (Lipinski definition) is 1. The molecular weight excluding hydrogens is 522 g/mol. The van der Waals surface area contributed by atoms with Crippen molar-refractivity contribution in [1.29, 1.82) is 0 Å². The minimum Gasteiger partial charge on any atom is -0.489 e. The van der Waals surface area contributed by atoms with Gasteiger partial charge in [0.05, 0.1) is 0 Å². The van der Waals surface area contributed by atoms with Gasteiger partial charge >= 0.3 is 5.97 Å². The van der Waals surface area contributed by atoms with Gasteiger partial charge in [-0.05, 0) is 59.2 Å². The predicted octanol–water partition coefficient (Wildman–Crippen LogP) is 7.67.